The topological polar surface area (TPSA) is 198 Å². The van der Waals surface area contributed by atoms with Crippen LogP contribution in [0.2, 0.25) is 0 Å². The van der Waals surface area contributed by atoms with E-state index in [4.69, 9.17) is 9.15 Å². The number of aromatic hydroxyl groups is 5. The van der Waals surface area contributed by atoms with Crippen LogP contribution in [0, 0.1) is 0 Å². The molecule has 0 saturated carbocycles. The van der Waals surface area contributed by atoms with Gasteiger partial charge in [-0.2, -0.15) is 0 Å². The molecular formula is C25H29NO11. The van der Waals surface area contributed by atoms with Crippen molar-refractivity contribution in [3.05, 3.63) is 40.6 Å². The van der Waals surface area contributed by atoms with E-state index in [-0.39, 0.29) is 52.6 Å². The summed E-state index contributed by atoms with van der Waals surface area (Å²) in [5, 5.41) is 58.1. The standard InChI is InChI=1S/C15H10O7.C10H19NO4/c16-7-4-10(19)12-11(5-7)22-15(14(21)13(12)20)6-1-2-8(17)9(18)3-6;1-5-10(14)15-8(6-9(12)13)7-11(2,3)4/h1-5,16-19,21H;8H,5-7H2,1-4H3/t;8-/m.1/s1. The monoisotopic (exact) mass is 519 g/mol. The maximum absolute atomic E-state index is 12.1. The molecule has 0 bridgehead atoms. The number of rotatable bonds is 7. The minimum atomic E-state index is -1.20. The normalized spacial score (nSPS) is 11.9. The van der Waals surface area contributed by atoms with Gasteiger partial charge >= 0.3 is 5.97 Å². The van der Waals surface area contributed by atoms with Crippen molar-refractivity contribution in [2.24, 2.45) is 0 Å². The lowest BCUT2D eigenvalue weighted by Crippen LogP contribution is -2.45. The number of hydrogen-bond acceptors (Lipinski definition) is 11. The number of nitrogens with zero attached hydrogens (tertiary/aromatic N) is 1. The Labute approximate surface area is 211 Å². The molecule has 37 heavy (non-hydrogen) atoms. The van der Waals surface area contributed by atoms with Crippen molar-refractivity contribution >= 4 is 22.9 Å². The molecule has 1 heterocycles. The molecule has 0 unspecified atom stereocenters. The summed E-state index contributed by atoms with van der Waals surface area (Å²) in [5.41, 5.74) is -0.890. The number of phenols is 4. The summed E-state index contributed by atoms with van der Waals surface area (Å²) in [4.78, 5) is 33.6. The van der Waals surface area contributed by atoms with E-state index in [2.05, 4.69) is 0 Å². The third-order valence-corrected chi connectivity index (χ3v) is 4.91. The molecule has 5 N–H and O–H groups in total. The summed E-state index contributed by atoms with van der Waals surface area (Å²) in [7, 11) is 5.71. The maximum atomic E-state index is 12.1. The lowest BCUT2D eigenvalue weighted by atomic mass is 10.1. The van der Waals surface area contributed by atoms with Crippen molar-refractivity contribution in [1.82, 2.24) is 0 Å². The first kappa shape index (κ1) is 28.8. The van der Waals surface area contributed by atoms with E-state index in [0.717, 1.165) is 24.3 Å². The average molecular weight is 520 g/mol. The van der Waals surface area contributed by atoms with Crippen molar-refractivity contribution in [1.29, 1.82) is 0 Å². The van der Waals surface area contributed by atoms with Crippen molar-refractivity contribution in [3.63, 3.8) is 0 Å². The Morgan fingerprint density at radius 1 is 1.00 bits per heavy atom. The molecule has 0 saturated heterocycles. The van der Waals surface area contributed by atoms with Gasteiger partial charge in [0.1, 0.15) is 29.0 Å². The summed E-state index contributed by atoms with van der Waals surface area (Å²) in [6.07, 6.45) is -0.607. The molecule has 12 heteroatoms. The van der Waals surface area contributed by atoms with Gasteiger partial charge in [0, 0.05) is 36.5 Å². The predicted octanol–water partition coefficient (Wildman–Crippen LogP) is 1.14. The van der Waals surface area contributed by atoms with Crippen LogP contribution in [0.4, 0.5) is 0 Å². The zero-order valence-corrected chi connectivity index (χ0v) is 20.7. The number of ether oxygens (including phenoxy) is 1. The molecule has 2 aromatic carbocycles. The van der Waals surface area contributed by atoms with E-state index in [1.54, 1.807) is 6.92 Å². The minimum Gasteiger partial charge on any atom is -0.550 e. The van der Waals surface area contributed by atoms with E-state index in [0.29, 0.717) is 11.0 Å². The number of carboxylic acids is 1. The molecule has 200 valence electrons. The molecule has 0 aliphatic heterocycles. The average Bonchev–Trinajstić information content (AvgIpc) is 2.76. The summed E-state index contributed by atoms with van der Waals surface area (Å²) in [6, 6.07) is 5.64. The van der Waals surface area contributed by atoms with Crippen molar-refractivity contribution < 1.29 is 53.9 Å². The molecule has 12 nitrogen and oxygen atoms in total. The fourth-order valence-corrected chi connectivity index (χ4v) is 3.34. The Morgan fingerprint density at radius 3 is 2.19 bits per heavy atom. The number of benzene rings is 2. The van der Waals surface area contributed by atoms with Crippen LogP contribution >= 0.6 is 0 Å². The quantitative estimate of drug-likeness (QED) is 0.170. The zero-order chi connectivity index (χ0) is 28.1. The summed E-state index contributed by atoms with van der Waals surface area (Å²) >= 11 is 0. The van der Waals surface area contributed by atoms with E-state index >= 15 is 0 Å². The molecule has 0 fully saturated rings. The molecular weight excluding hydrogens is 490 g/mol. The van der Waals surface area contributed by atoms with Gasteiger partial charge in [0.15, 0.2) is 23.4 Å². The highest BCUT2D eigenvalue weighted by atomic mass is 16.5. The summed E-state index contributed by atoms with van der Waals surface area (Å²) < 4.78 is 10.9. The number of phenolic OH excluding ortho intramolecular Hbond substituents is 4. The van der Waals surface area contributed by atoms with Gasteiger partial charge in [0.05, 0.1) is 21.1 Å². The smallest absolute Gasteiger partial charge is 0.306 e. The van der Waals surface area contributed by atoms with Crippen LogP contribution in [0.25, 0.3) is 22.3 Å². The van der Waals surface area contributed by atoms with Crippen LogP contribution in [-0.4, -0.2) is 75.7 Å². The van der Waals surface area contributed by atoms with Crippen LogP contribution in [0.15, 0.2) is 39.5 Å². The molecule has 1 aromatic heterocycles. The lowest BCUT2D eigenvalue weighted by Gasteiger charge is -2.29. The Bertz CT molecular complexity index is 1360. The number of fused-ring (bicyclic) bond motifs is 1. The first-order chi connectivity index (χ1) is 17.1. The molecule has 1 atom stereocenters. The lowest BCUT2D eigenvalue weighted by molar-refractivity contribution is -0.873. The van der Waals surface area contributed by atoms with Crippen LogP contribution in [0.3, 0.4) is 0 Å². The first-order valence-corrected chi connectivity index (χ1v) is 11.1. The van der Waals surface area contributed by atoms with Gasteiger partial charge in [-0.05, 0) is 18.2 Å². The second kappa shape index (κ2) is 11.5. The fourth-order valence-electron chi connectivity index (χ4n) is 3.34. The molecule has 3 rings (SSSR count). The zero-order valence-electron chi connectivity index (χ0n) is 20.7. The summed E-state index contributed by atoms with van der Waals surface area (Å²) in [5.74, 6) is -4.29. The second-order valence-electron chi connectivity index (χ2n) is 9.16. The van der Waals surface area contributed by atoms with Crippen LogP contribution < -0.4 is 10.5 Å². The van der Waals surface area contributed by atoms with Crippen molar-refractivity contribution in [2.45, 2.75) is 25.9 Å². The van der Waals surface area contributed by atoms with E-state index in [1.807, 2.05) is 21.1 Å². The Balaban J connectivity index is 0.000000283. The maximum Gasteiger partial charge on any atom is 0.306 e. The van der Waals surface area contributed by atoms with Gasteiger partial charge in [-0.25, -0.2) is 0 Å². The number of quaternary nitrogens is 1. The number of hydrogen-bond donors (Lipinski definition) is 5. The van der Waals surface area contributed by atoms with Gasteiger partial charge in [-0.15, -0.1) is 0 Å². The number of carboxylic acid groups (broad SMARTS) is 1. The Morgan fingerprint density at radius 2 is 1.65 bits per heavy atom. The summed E-state index contributed by atoms with van der Waals surface area (Å²) in [6.45, 7) is 2.13. The number of carbonyl (C=O) groups is 2. The molecule has 0 aliphatic carbocycles. The van der Waals surface area contributed by atoms with Crippen molar-refractivity contribution in [3.8, 4) is 40.1 Å². The van der Waals surface area contributed by atoms with Gasteiger partial charge in [0.25, 0.3) is 0 Å². The Kier molecular flexibility index (Phi) is 8.96. The Hall–Kier alpha value is -4.45. The number of aliphatic carboxylic acids is 1. The second-order valence-corrected chi connectivity index (χ2v) is 9.16. The van der Waals surface area contributed by atoms with Crippen LogP contribution in [0.1, 0.15) is 19.8 Å². The number of carbonyl (C=O) groups excluding carboxylic acids is 2. The number of esters is 1. The highest BCUT2D eigenvalue weighted by Crippen LogP contribution is 2.37. The molecule has 0 radical (unpaired) electrons. The van der Waals surface area contributed by atoms with Crippen LogP contribution in [-0.2, 0) is 14.3 Å². The van der Waals surface area contributed by atoms with E-state index in [9.17, 15) is 45.0 Å². The van der Waals surface area contributed by atoms with E-state index < -0.39 is 34.8 Å². The molecule has 0 amide bonds. The third kappa shape index (κ3) is 7.77. The van der Waals surface area contributed by atoms with Gasteiger partial charge in [-0.1, -0.05) is 6.92 Å². The predicted molar refractivity (Wildman–Crippen MR) is 129 cm³/mol. The minimum absolute atomic E-state index is 0.134. The third-order valence-electron chi connectivity index (χ3n) is 4.91. The van der Waals surface area contributed by atoms with Gasteiger partial charge < -0.3 is 49.1 Å². The first-order valence-electron chi connectivity index (χ1n) is 11.1. The molecule has 3 aromatic rings. The largest absolute Gasteiger partial charge is 0.550 e. The molecule has 0 spiro atoms. The highest BCUT2D eigenvalue weighted by Gasteiger charge is 2.22. The number of likely N-dealkylation sites (N-methyl/N-ethyl adjacent to an activating group) is 1. The van der Waals surface area contributed by atoms with Gasteiger partial charge in [-0.3, -0.25) is 9.59 Å². The van der Waals surface area contributed by atoms with E-state index in [1.165, 1.54) is 6.07 Å². The van der Waals surface area contributed by atoms with Crippen molar-refractivity contribution in [2.75, 3.05) is 27.7 Å². The SMILES string of the molecule is CCC(=O)O[C@H](CC(=O)[O-])C[N+](C)(C)C.O=c1c(O)c(-c2ccc(O)c(O)c2)oc2cc(O)cc(O)c12. The fraction of sp³-hybridized carbons (Fsp3) is 0.320. The van der Waals surface area contributed by atoms with Gasteiger partial charge in [0.2, 0.25) is 11.2 Å². The molecule has 0 aliphatic rings. The van der Waals surface area contributed by atoms with Crippen LogP contribution in [0.5, 0.6) is 28.7 Å². The highest BCUT2D eigenvalue weighted by molar-refractivity contribution is 5.88.